The van der Waals surface area contributed by atoms with Crippen molar-refractivity contribution < 1.29 is 12.8 Å². The molecule has 0 fully saturated rings. The first kappa shape index (κ1) is 14.6. The van der Waals surface area contributed by atoms with Gasteiger partial charge in [-0.25, -0.2) is 12.8 Å². The van der Waals surface area contributed by atoms with Crippen LogP contribution in [0.1, 0.15) is 24.9 Å². The number of hydrogen-bond donors (Lipinski definition) is 0. The first-order chi connectivity index (χ1) is 8.42. The molecular formula is C12H15FN2O2S. The van der Waals surface area contributed by atoms with Crippen LogP contribution < -0.4 is 0 Å². The highest BCUT2D eigenvalue weighted by molar-refractivity contribution is 7.89. The highest BCUT2D eigenvalue weighted by atomic mass is 32.2. The molecule has 1 aromatic rings. The third-order valence-corrected chi connectivity index (χ3v) is 4.59. The summed E-state index contributed by atoms with van der Waals surface area (Å²) in [6, 6.07) is 6.25. The van der Waals surface area contributed by atoms with Crippen LogP contribution in [0.25, 0.3) is 0 Å². The van der Waals surface area contributed by atoms with E-state index in [2.05, 4.69) is 0 Å². The van der Waals surface area contributed by atoms with E-state index in [1.54, 1.807) is 6.92 Å². The van der Waals surface area contributed by atoms with Gasteiger partial charge in [0, 0.05) is 7.05 Å². The minimum Gasteiger partial charge on any atom is -0.212 e. The third kappa shape index (κ3) is 3.28. The van der Waals surface area contributed by atoms with Gasteiger partial charge in [-0.2, -0.15) is 9.57 Å². The Morgan fingerprint density at radius 2 is 1.94 bits per heavy atom. The number of hydrogen-bond acceptors (Lipinski definition) is 3. The lowest BCUT2D eigenvalue weighted by Crippen LogP contribution is -2.32. The molecule has 6 heteroatoms. The van der Waals surface area contributed by atoms with Gasteiger partial charge in [-0.1, -0.05) is 19.1 Å². The molecule has 0 aromatic heterocycles. The average molecular weight is 270 g/mol. The zero-order chi connectivity index (χ0) is 13.8. The van der Waals surface area contributed by atoms with Crippen molar-refractivity contribution in [3.8, 4) is 6.07 Å². The average Bonchev–Trinajstić information content (AvgIpc) is 2.32. The van der Waals surface area contributed by atoms with Gasteiger partial charge in [0.1, 0.15) is 11.9 Å². The topological polar surface area (TPSA) is 61.2 Å². The van der Waals surface area contributed by atoms with Crippen LogP contribution in [0.3, 0.4) is 0 Å². The Hall–Kier alpha value is -1.45. The molecule has 4 nitrogen and oxygen atoms in total. The third-order valence-electron chi connectivity index (χ3n) is 2.57. The summed E-state index contributed by atoms with van der Waals surface area (Å²) in [6.07, 6.45) is 0.480. The van der Waals surface area contributed by atoms with Gasteiger partial charge in [-0.3, -0.25) is 0 Å². The highest BCUT2D eigenvalue weighted by Gasteiger charge is 2.26. The Morgan fingerprint density at radius 1 is 1.39 bits per heavy atom. The number of halogens is 1. The van der Waals surface area contributed by atoms with E-state index in [0.717, 1.165) is 4.31 Å². The summed E-state index contributed by atoms with van der Waals surface area (Å²) in [5.74, 6) is -0.433. The van der Waals surface area contributed by atoms with Crippen LogP contribution in [0.5, 0.6) is 0 Å². The molecule has 98 valence electrons. The summed E-state index contributed by atoms with van der Waals surface area (Å²) >= 11 is 0. The van der Waals surface area contributed by atoms with Gasteiger partial charge in [-0.05, 0) is 24.1 Å². The largest absolute Gasteiger partial charge is 0.215 e. The van der Waals surface area contributed by atoms with Crippen LogP contribution in [-0.2, 0) is 10.0 Å². The van der Waals surface area contributed by atoms with E-state index in [4.69, 9.17) is 5.26 Å². The molecule has 0 saturated heterocycles. The van der Waals surface area contributed by atoms with E-state index in [9.17, 15) is 12.8 Å². The maximum atomic E-state index is 12.8. The van der Waals surface area contributed by atoms with E-state index in [1.165, 1.54) is 31.3 Å². The van der Waals surface area contributed by atoms with Crippen LogP contribution in [0.4, 0.5) is 4.39 Å². The molecule has 0 radical (unpaired) electrons. The molecule has 18 heavy (non-hydrogen) atoms. The van der Waals surface area contributed by atoms with Gasteiger partial charge in [-0.15, -0.1) is 0 Å². The second-order valence-electron chi connectivity index (χ2n) is 3.92. The quantitative estimate of drug-likeness (QED) is 0.822. The Balaban J connectivity index is 3.05. The predicted octanol–water partition coefficient (Wildman–Crippen LogP) is 2.06. The summed E-state index contributed by atoms with van der Waals surface area (Å²) in [6.45, 7) is 1.75. The summed E-state index contributed by atoms with van der Waals surface area (Å²) < 4.78 is 37.6. The normalized spacial score (nSPS) is 13.3. The fourth-order valence-electron chi connectivity index (χ4n) is 1.57. The van der Waals surface area contributed by atoms with Crippen molar-refractivity contribution in [3.05, 3.63) is 35.6 Å². The van der Waals surface area contributed by atoms with Gasteiger partial charge >= 0.3 is 0 Å². The summed E-state index contributed by atoms with van der Waals surface area (Å²) in [5, 5.41) is 9.10. The molecule has 0 aliphatic carbocycles. The molecule has 0 saturated carbocycles. The summed E-state index contributed by atoms with van der Waals surface area (Å²) in [4.78, 5) is 0. The zero-order valence-electron chi connectivity index (χ0n) is 10.3. The maximum Gasteiger partial charge on any atom is 0.215 e. The monoisotopic (exact) mass is 270 g/mol. The molecule has 0 N–H and O–H groups in total. The molecule has 1 atom stereocenters. The minimum absolute atomic E-state index is 0.0110. The smallest absolute Gasteiger partial charge is 0.212 e. The second-order valence-corrected chi connectivity index (χ2v) is 6.06. The summed E-state index contributed by atoms with van der Waals surface area (Å²) in [5.41, 5.74) is 0.459. The molecular weight excluding hydrogens is 255 g/mol. The minimum atomic E-state index is -3.46. The van der Waals surface area contributed by atoms with Gasteiger partial charge in [0.05, 0.1) is 11.8 Å². The van der Waals surface area contributed by atoms with Crippen LogP contribution in [0.2, 0.25) is 0 Å². The van der Waals surface area contributed by atoms with Gasteiger partial charge in [0.15, 0.2) is 0 Å². The van der Waals surface area contributed by atoms with Crippen molar-refractivity contribution in [1.82, 2.24) is 4.31 Å². The SMILES string of the molecule is CCCS(=O)(=O)N(C)C(C#N)c1ccc(F)cc1. The van der Waals surface area contributed by atoms with Gasteiger partial charge in [0.2, 0.25) is 10.0 Å². The van der Waals surface area contributed by atoms with E-state index in [-0.39, 0.29) is 5.75 Å². The van der Waals surface area contributed by atoms with Crippen molar-refractivity contribution in [1.29, 1.82) is 5.26 Å². The fourth-order valence-corrected chi connectivity index (χ4v) is 2.87. The van der Waals surface area contributed by atoms with Gasteiger partial charge in [0.25, 0.3) is 0 Å². The molecule has 0 aliphatic rings. The van der Waals surface area contributed by atoms with Crippen LogP contribution in [0.15, 0.2) is 24.3 Å². The van der Waals surface area contributed by atoms with Crippen molar-refractivity contribution in [2.45, 2.75) is 19.4 Å². The van der Waals surface area contributed by atoms with Crippen LogP contribution in [-0.4, -0.2) is 25.5 Å². The first-order valence-corrected chi connectivity index (χ1v) is 7.14. The molecule has 1 aromatic carbocycles. The van der Waals surface area contributed by atoms with E-state index >= 15 is 0 Å². The Morgan fingerprint density at radius 3 is 2.39 bits per heavy atom. The number of nitrogens with zero attached hydrogens (tertiary/aromatic N) is 2. The standard InChI is InChI=1S/C12H15FN2O2S/c1-3-8-18(16,17)15(2)12(9-14)10-4-6-11(13)7-5-10/h4-7,12H,3,8H2,1-2H3. The van der Waals surface area contributed by atoms with Crippen molar-refractivity contribution in [2.75, 3.05) is 12.8 Å². The van der Waals surface area contributed by atoms with Gasteiger partial charge < -0.3 is 0 Å². The van der Waals surface area contributed by atoms with E-state index < -0.39 is 21.9 Å². The molecule has 0 aliphatic heterocycles. The molecule has 0 bridgehead atoms. The van der Waals surface area contributed by atoms with Crippen LogP contribution >= 0.6 is 0 Å². The highest BCUT2D eigenvalue weighted by Crippen LogP contribution is 2.22. The number of rotatable bonds is 5. The predicted molar refractivity (Wildman–Crippen MR) is 66.6 cm³/mol. The number of sulfonamides is 1. The lowest BCUT2D eigenvalue weighted by molar-refractivity contribution is 0.431. The molecule has 1 rings (SSSR count). The van der Waals surface area contributed by atoms with Crippen molar-refractivity contribution in [2.24, 2.45) is 0 Å². The summed E-state index contributed by atoms with van der Waals surface area (Å²) in [7, 11) is -2.10. The number of benzene rings is 1. The lowest BCUT2D eigenvalue weighted by Gasteiger charge is -2.22. The number of nitriles is 1. The fraction of sp³-hybridized carbons (Fsp3) is 0.417. The van der Waals surface area contributed by atoms with Crippen LogP contribution in [0, 0.1) is 17.1 Å². The zero-order valence-corrected chi connectivity index (χ0v) is 11.1. The second kappa shape index (κ2) is 5.94. The molecule has 0 heterocycles. The lowest BCUT2D eigenvalue weighted by atomic mass is 10.1. The van der Waals surface area contributed by atoms with Crippen molar-refractivity contribution in [3.63, 3.8) is 0 Å². The Kier molecular flexibility index (Phi) is 4.82. The van der Waals surface area contributed by atoms with Crippen molar-refractivity contribution >= 4 is 10.0 Å². The van der Waals surface area contributed by atoms with E-state index in [1.807, 2.05) is 6.07 Å². The Bertz CT molecular complexity index is 534. The molecule has 1 unspecified atom stereocenters. The van der Waals surface area contributed by atoms with E-state index in [0.29, 0.717) is 12.0 Å². The molecule has 0 amide bonds. The first-order valence-electron chi connectivity index (χ1n) is 5.53. The maximum absolute atomic E-state index is 12.8. The Labute approximate surface area is 107 Å². The molecule has 0 spiro atoms.